The molecule has 2 aromatic heterocycles. The highest BCUT2D eigenvalue weighted by atomic mass is 32.2. The van der Waals surface area contributed by atoms with Gasteiger partial charge in [0.15, 0.2) is 5.82 Å². The van der Waals surface area contributed by atoms with Gasteiger partial charge in [0.1, 0.15) is 5.03 Å². The summed E-state index contributed by atoms with van der Waals surface area (Å²) in [6.45, 7) is 7.03. The van der Waals surface area contributed by atoms with Crippen LogP contribution in [0.2, 0.25) is 0 Å². The molecule has 0 aliphatic carbocycles. The maximum absolute atomic E-state index is 12.9. The molecule has 0 saturated carbocycles. The summed E-state index contributed by atoms with van der Waals surface area (Å²) in [5.74, 6) is 1.33. The van der Waals surface area contributed by atoms with Crippen LogP contribution in [0.4, 0.5) is 0 Å². The maximum atomic E-state index is 12.9. The zero-order chi connectivity index (χ0) is 20.4. The Morgan fingerprint density at radius 2 is 1.97 bits per heavy atom. The number of aryl methyl sites for hydroxylation is 2. The van der Waals surface area contributed by atoms with E-state index in [0.717, 1.165) is 58.8 Å². The van der Waals surface area contributed by atoms with Crippen LogP contribution >= 0.6 is 11.8 Å². The van der Waals surface area contributed by atoms with E-state index in [1.165, 1.54) is 18.2 Å². The SMILES string of the molecule is CC[C@H]1CCCCN1C(=O)CSc1nnc(-n2nc(C)cc2C)c2ccccc12. The molecule has 29 heavy (non-hydrogen) atoms. The number of hydrogen-bond donors (Lipinski definition) is 0. The molecule has 0 radical (unpaired) electrons. The topological polar surface area (TPSA) is 63.9 Å². The Morgan fingerprint density at radius 1 is 1.17 bits per heavy atom. The summed E-state index contributed by atoms with van der Waals surface area (Å²) in [7, 11) is 0. The monoisotopic (exact) mass is 409 g/mol. The second kappa shape index (κ2) is 8.53. The second-order valence-electron chi connectivity index (χ2n) is 7.65. The number of rotatable bonds is 5. The minimum atomic E-state index is 0.204. The zero-order valence-corrected chi connectivity index (χ0v) is 18.1. The van der Waals surface area contributed by atoms with Crippen molar-refractivity contribution in [3.8, 4) is 5.82 Å². The van der Waals surface area contributed by atoms with Gasteiger partial charge in [0, 0.05) is 29.1 Å². The predicted octanol–water partition coefficient (Wildman–Crippen LogP) is 4.32. The molecule has 3 aromatic rings. The quantitative estimate of drug-likeness (QED) is 0.588. The molecule has 152 valence electrons. The van der Waals surface area contributed by atoms with Crippen molar-refractivity contribution in [2.24, 2.45) is 0 Å². The predicted molar refractivity (Wildman–Crippen MR) is 117 cm³/mol. The van der Waals surface area contributed by atoms with E-state index in [1.807, 2.05) is 48.9 Å². The number of carbonyl (C=O) groups excluding carboxylic acids is 1. The molecule has 1 fully saturated rings. The summed E-state index contributed by atoms with van der Waals surface area (Å²) < 4.78 is 1.84. The maximum Gasteiger partial charge on any atom is 0.233 e. The molecule has 4 rings (SSSR count). The molecular formula is C22H27N5OS. The van der Waals surface area contributed by atoms with E-state index in [1.54, 1.807) is 0 Å². The lowest BCUT2D eigenvalue weighted by Crippen LogP contribution is -2.44. The summed E-state index contributed by atoms with van der Waals surface area (Å²) >= 11 is 1.48. The standard InChI is InChI=1S/C22H27N5OS/c1-4-17-9-7-8-12-26(17)20(28)14-29-22-19-11-6-5-10-18(19)21(23-24-22)27-16(3)13-15(2)25-27/h5-6,10-11,13,17H,4,7-9,12,14H2,1-3H3/t17-/m0/s1. The average molecular weight is 410 g/mol. The van der Waals surface area contributed by atoms with Crippen LogP contribution in [0.25, 0.3) is 16.6 Å². The first-order valence-corrected chi connectivity index (χ1v) is 11.3. The van der Waals surface area contributed by atoms with E-state index >= 15 is 0 Å². The third-order valence-corrected chi connectivity index (χ3v) is 6.56. The number of benzene rings is 1. The number of fused-ring (bicyclic) bond motifs is 1. The number of hydrogen-bond acceptors (Lipinski definition) is 5. The largest absolute Gasteiger partial charge is 0.339 e. The van der Waals surface area contributed by atoms with Gasteiger partial charge in [0.05, 0.1) is 11.4 Å². The van der Waals surface area contributed by atoms with Crippen molar-refractivity contribution in [2.45, 2.75) is 57.5 Å². The van der Waals surface area contributed by atoms with E-state index in [2.05, 4.69) is 27.1 Å². The lowest BCUT2D eigenvalue weighted by Gasteiger charge is -2.35. The van der Waals surface area contributed by atoms with Crippen molar-refractivity contribution in [1.82, 2.24) is 24.9 Å². The first kappa shape index (κ1) is 19.9. The first-order chi connectivity index (χ1) is 14.1. The molecule has 0 spiro atoms. The van der Waals surface area contributed by atoms with Gasteiger partial charge in [-0.25, -0.2) is 4.68 Å². The third-order valence-electron chi connectivity index (χ3n) is 5.60. The molecule has 1 saturated heterocycles. The van der Waals surface area contributed by atoms with Crippen molar-refractivity contribution < 1.29 is 4.79 Å². The van der Waals surface area contributed by atoms with Gasteiger partial charge in [-0.3, -0.25) is 4.79 Å². The van der Waals surface area contributed by atoms with Gasteiger partial charge in [-0.05, 0) is 45.6 Å². The molecule has 1 aliphatic heterocycles. The smallest absolute Gasteiger partial charge is 0.233 e. The van der Waals surface area contributed by atoms with E-state index in [-0.39, 0.29) is 5.91 Å². The Hall–Kier alpha value is -2.41. The minimum absolute atomic E-state index is 0.204. The van der Waals surface area contributed by atoms with E-state index in [4.69, 9.17) is 0 Å². The Kier molecular flexibility index (Phi) is 5.85. The highest BCUT2D eigenvalue weighted by Crippen LogP contribution is 2.30. The summed E-state index contributed by atoms with van der Waals surface area (Å²) in [6, 6.07) is 10.5. The first-order valence-electron chi connectivity index (χ1n) is 10.3. The van der Waals surface area contributed by atoms with Crippen molar-refractivity contribution in [1.29, 1.82) is 0 Å². The summed E-state index contributed by atoms with van der Waals surface area (Å²) in [4.78, 5) is 14.9. The molecule has 1 aliphatic rings. The zero-order valence-electron chi connectivity index (χ0n) is 17.3. The van der Waals surface area contributed by atoms with E-state index in [0.29, 0.717) is 11.8 Å². The highest BCUT2D eigenvalue weighted by molar-refractivity contribution is 8.00. The van der Waals surface area contributed by atoms with Crippen LogP contribution < -0.4 is 0 Å². The Balaban J connectivity index is 1.60. The third kappa shape index (κ3) is 4.01. The van der Waals surface area contributed by atoms with Crippen molar-refractivity contribution >= 4 is 28.4 Å². The van der Waals surface area contributed by atoms with E-state index < -0.39 is 0 Å². The van der Waals surface area contributed by atoms with E-state index in [9.17, 15) is 4.79 Å². The Morgan fingerprint density at radius 3 is 2.69 bits per heavy atom. The molecule has 1 atom stereocenters. The van der Waals surface area contributed by atoms with Crippen LogP contribution in [0.1, 0.15) is 44.0 Å². The molecular weight excluding hydrogens is 382 g/mol. The fraction of sp³-hybridized carbons (Fsp3) is 0.455. The van der Waals surface area contributed by atoms with Gasteiger partial charge in [-0.1, -0.05) is 43.0 Å². The Bertz CT molecular complexity index is 1030. The number of nitrogens with zero attached hydrogens (tertiary/aromatic N) is 5. The number of thioether (sulfide) groups is 1. The van der Waals surface area contributed by atoms with Crippen LogP contribution in [-0.2, 0) is 4.79 Å². The molecule has 0 unspecified atom stereocenters. The lowest BCUT2D eigenvalue weighted by molar-refractivity contribution is -0.132. The fourth-order valence-corrected chi connectivity index (χ4v) is 5.00. The Labute approximate surface area is 175 Å². The van der Waals surface area contributed by atoms with Gasteiger partial charge in [0.25, 0.3) is 0 Å². The fourth-order valence-electron chi connectivity index (χ4n) is 4.14. The molecule has 7 heteroatoms. The summed E-state index contributed by atoms with van der Waals surface area (Å²) in [5.41, 5.74) is 1.97. The molecule has 1 aromatic carbocycles. The molecule has 0 N–H and O–H groups in total. The molecule has 0 bridgehead atoms. The van der Waals surface area contributed by atoms with Crippen molar-refractivity contribution in [3.05, 3.63) is 41.7 Å². The van der Waals surface area contributed by atoms with Crippen LogP contribution in [0, 0.1) is 13.8 Å². The van der Waals surface area contributed by atoms with Gasteiger partial charge < -0.3 is 4.90 Å². The van der Waals surface area contributed by atoms with Crippen LogP contribution in [0.3, 0.4) is 0 Å². The lowest BCUT2D eigenvalue weighted by atomic mass is 10.0. The number of piperidine rings is 1. The number of likely N-dealkylation sites (tertiary alicyclic amines) is 1. The van der Waals surface area contributed by atoms with Crippen LogP contribution in [0.5, 0.6) is 0 Å². The van der Waals surface area contributed by atoms with Gasteiger partial charge in [-0.15, -0.1) is 10.2 Å². The van der Waals surface area contributed by atoms with Gasteiger partial charge in [0.2, 0.25) is 5.91 Å². The average Bonchev–Trinajstić information content (AvgIpc) is 3.09. The van der Waals surface area contributed by atoms with Crippen LogP contribution in [-0.4, -0.2) is 49.1 Å². The summed E-state index contributed by atoms with van der Waals surface area (Å²) in [6.07, 6.45) is 4.47. The normalized spacial score (nSPS) is 17.1. The second-order valence-corrected chi connectivity index (χ2v) is 8.61. The summed E-state index contributed by atoms with van der Waals surface area (Å²) in [5, 5.41) is 16.3. The van der Waals surface area contributed by atoms with Crippen LogP contribution in [0.15, 0.2) is 35.4 Å². The van der Waals surface area contributed by atoms with Crippen molar-refractivity contribution in [2.75, 3.05) is 12.3 Å². The van der Waals surface area contributed by atoms with Crippen molar-refractivity contribution in [3.63, 3.8) is 0 Å². The van der Waals surface area contributed by atoms with Gasteiger partial charge in [-0.2, -0.15) is 5.10 Å². The number of amides is 1. The number of aromatic nitrogens is 4. The molecule has 6 nitrogen and oxygen atoms in total. The molecule has 3 heterocycles. The highest BCUT2D eigenvalue weighted by Gasteiger charge is 2.25. The van der Waals surface area contributed by atoms with Gasteiger partial charge >= 0.3 is 0 Å². The number of carbonyl (C=O) groups is 1. The minimum Gasteiger partial charge on any atom is -0.339 e. The molecule has 1 amide bonds.